The van der Waals surface area contributed by atoms with E-state index in [4.69, 9.17) is 16.3 Å². The average Bonchev–Trinajstić information content (AvgIpc) is 3.28. The number of benzene rings is 2. The van der Waals surface area contributed by atoms with E-state index in [9.17, 15) is 4.79 Å². The molecule has 0 radical (unpaired) electrons. The van der Waals surface area contributed by atoms with Gasteiger partial charge in [0.2, 0.25) is 5.91 Å². The minimum Gasteiger partial charge on any atom is -0.344 e. The number of likely N-dealkylation sites (tertiary alicyclic amines) is 1. The van der Waals surface area contributed by atoms with Crippen molar-refractivity contribution in [2.75, 3.05) is 13.1 Å². The minimum absolute atomic E-state index is 0.0417. The maximum absolute atomic E-state index is 12.8. The van der Waals surface area contributed by atoms with Gasteiger partial charge in [-0.3, -0.25) is 9.69 Å². The van der Waals surface area contributed by atoms with Gasteiger partial charge in [0.15, 0.2) is 5.72 Å². The van der Waals surface area contributed by atoms with Gasteiger partial charge in [0.1, 0.15) is 6.10 Å². The topological polar surface area (TPSA) is 32.8 Å². The molecule has 0 bridgehead atoms. The second-order valence-corrected chi connectivity index (χ2v) is 8.25. The van der Waals surface area contributed by atoms with Gasteiger partial charge in [-0.15, -0.1) is 0 Å². The van der Waals surface area contributed by atoms with Gasteiger partial charge in [-0.2, -0.15) is 0 Å². The van der Waals surface area contributed by atoms with Crippen LogP contribution in [0.3, 0.4) is 0 Å². The van der Waals surface area contributed by atoms with Crippen molar-refractivity contribution in [1.82, 2.24) is 9.80 Å². The molecule has 5 heteroatoms. The highest BCUT2D eigenvalue weighted by Crippen LogP contribution is 2.51. The largest absolute Gasteiger partial charge is 0.344 e. The van der Waals surface area contributed by atoms with Crippen LogP contribution in [-0.2, 0) is 16.1 Å². The fourth-order valence-corrected chi connectivity index (χ4v) is 5.29. The van der Waals surface area contributed by atoms with E-state index >= 15 is 0 Å². The van der Waals surface area contributed by atoms with Crippen LogP contribution < -0.4 is 0 Å². The molecular weight excluding hydrogens is 360 g/mol. The Labute approximate surface area is 164 Å². The highest BCUT2D eigenvalue weighted by atomic mass is 35.5. The zero-order chi connectivity index (χ0) is 18.6. The summed E-state index contributed by atoms with van der Waals surface area (Å²) in [6.07, 6.45) is 1.35. The van der Waals surface area contributed by atoms with E-state index in [0.29, 0.717) is 13.0 Å². The number of rotatable bonds is 3. The molecule has 4 nitrogen and oxygen atoms in total. The van der Waals surface area contributed by atoms with E-state index in [1.807, 2.05) is 35.2 Å². The number of ether oxygens (including phenoxy) is 1. The molecule has 0 N–H and O–H groups in total. The summed E-state index contributed by atoms with van der Waals surface area (Å²) in [6, 6.07) is 16.4. The fraction of sp³-hybridized carbons (Fsp3) is 0.409. The third-order valence-corrected chi connectivity index (χ3v) is 6.78. The Balaban J connectivity index is 1.43. The first-order valence-electron chi connectivity index (χ1n) is 9.60. The lowest BCUT2D eigenvalue weighted by atomic mass is 10.0. The Morgan fingerprint density at radius 1 is 1.19 bits per heavy atom. The first-order chi connectivity index (χ1) is 13.1. The van der Waals surface area contributed by atoms with Gasteiger partial charge in [-0.25, -0.2) is 0 Å². The SMILES string of the molecule is Cc1cccc(Cl)c1CN1CC[C@@]23O[C@@H](c4ccccc4)CN2C(=O)C[C@@H]13. The maximum Gasteiger partial charge on any atom is 0.226 e. The maximum atomic E-state index is 12.8. The van der Waals surface area contributed by atoms with Crippen molar-refractivity contribution in [2.45, 2.75) is 44.2 Å². The van der Waals surface area contributed by atoms with Gasteiger partial charge in [-0.05, 0) is 29.7 Å². The molecule has 3 aliphatic rings. The molecule has 140 valence electrons. The zero-order valence-electron chi connectivity index (χ0n) is 15.4. The molecule has 27 heavy (non-hydrogen) atoms. The number of nitrogens with zero attached hydrogens (tertiary/aromatic N) is 2. The zero-order valence-corrected chi connectivity index (χ0v) is 16.2. The first-order valence-corrected chi connectivity index (χ1v) is 9.97. The summed E-state index contributed by atoms with van der Waals surface area (Å²) in [7, 11) is 0. The number of halogens is 1. The smallest absolute Gasteiger partial charge is 0.226 e. The molecule has 1 amide bonds. The van der Waals surface area contributed by atoms with Gasteiger partial charge in [0.25, 0.3) is 0 Å². The fourth-order valence-electron chi connectivity index (χ4n) is 5.01. The van der Waals surface area contributed by atoms with Gasteiger partial charge < -0.3 is 9.64 Å². The summed E-state index contributed by atoms with van der Waals surface area (Å²) in [5.74, 6) is 0.207. The van der Waals surface area contributed by atoms with Gasteiger partial charge in [0.05, 0.1) is 12.6 Å². The molecule has 1 spiro atoms. The van der Waals surface area contributed by atoms with Crippen LogP contribution in [-0.4, -0.2) is 40.6 Å². The molecule has 0 aliphatic carbocycles. The van der Waals surface area contributed by atoms with E-state index in [1.165, 1.54) is 5.56 Å². The number of carbonyl (C=O) groups excluding carboxylic acids is 1. The van der Waals surface area contributed by atoms with Crippen LogP contribution in [0.25, 0.3) is 0 Å². The van der Waals surface area contributed by atoms with Crippen molar-refractivity contribution in [3.05, 3.63) is 70.2 Å². The lowest BCUT2D eigenvalue weighted by molar-refractivity contribution is -0.138. The summed E-state index contributed by atoms with van der Waals surface area (Å²) in [6.45, 7) is 4.42. The van der Waals surface area contributed by atoms with Crippen LogP contribution in [0.5, 0.6) is 0 Å². The molecule has 2 aromatic carbocycles. The van der Waals surface area contributed by atoms with Gasteiger partial charge >= 0.3 is 0 Å². The molecule has 5 rings (SSSR count). The van der Waals surface area contributed by atoms with Crippen LogP contribution in [0.4, 0.5) is 0 Å². The standard InChI is InChI=1S/C22H23ClN2O2/c1-15-6-5-9-18(23)17(15)13-24-11-10-22-20(24)12-21(26)25(22)14-19(27-22)16-7-3-2-4-8-16/h2-9,19-20H,10-14H2,1H3/t19-,20-,22+/m1/s1. The number of carbonyl (C=O) groups is 1. The first kappa shape index (κ1) is 17.2. The van der Waals surface area contributed by atoms with Crippen molar-refractivity contribution in [3.63, 3.8) is 0 Å². The van der Waals surface area contributed by atoms with Crippen molar-refractivity contribution in [2.24, 2.45) is 0 Å². The second-order valence-electron chi connectivity index (χ2n) is 7.84. The number of hydrogen-bond donors (Lipinski definition) is 0. The quantitative estimate of drug-likeness (QED) is 0.806. The Morgan fingerprint density at radius 2 is 2.00 bits per heavy atom. The molecule has 3 fully saturated rings. The minimum atomic E-state index is -0.479. The second kappa shape index (κ2) is 6.33. The Hall–Kier alpha value is -1.88. The molecule has 3 atom stereocenters. The number of aryl methyl sites for hydroxylation is 1. The highest BCUT2D eigenvalue weighted by molar-refractivity contribution is 6.31. The van der Waals surface area contributed by atoms with Crippen LogP contribution in [0.2, 0.25) is 5.02 Å². The molecule has 3 aliphatic heterocycles. The van der Waals surface area contributed by atoms with E-state index < -0.39 is 5.72 Å². The Morgan fingerprint density at radius 3 is 2.78 bits per heavy atom. The lowest BCUT2D eigenvalue weighted by Gasteiger charge is -2.32. The van der Waals surface area contributed by atoms with E-state index in [0.717, 1.165) is 35.7 Å². The molecule has 3 heterocycles. The number of hydrogen-bond acceptors (Lipinski definition) is 3. The lowest BCUT2D eigenvalue weighted by Crippen LogP contribution is -2.47. The summed E-state index contributed by atoms with van der Waals surface area (Å²) >= 11 is 6.46. The molecule has 0 aromatic heterocycles. The molecule has 0 unspecified atom stereocenters. The summed E-state index contributed by atoms with van der Waals surface area (Å²) < 4.78 is 6.61. The van der Waals surface area contributed by atoms with Crippen molar-refractivity contribution in [1.29, 1.82) is 0 Å². The van der Waals surface area contributed by atoms with E-state index in [-0.39, 0.29) is 18.1 Å². The van der Waals surface area contributed by atoms with Crippen molar-refractivity contribution < 1.29 is 9.53 Å². The summed E-state index contributed by atoms with van der Waals surface area (Å²) in [5, 5.41) is 0.798. The average molecular weight is 383 g/mol. The van der Waals surface area contributed by atoms with Crippen LogP contribution in [0.1, 0.15) is 35.6 Å². The van der Waals surface area contributed by atoms with Crippen LogP contribution >= 0.6 is 11.6 Å². The molecule has 2 aromatic rings. The normalized spacial score (nSPS) is 30.0. The van der Waals surface area contributed by atoms with E-state index in [1.54, 1.807) is 0 Å². The Bertz CT molecular complexity index is 867. The van der Waals surface area contributed by atoms with E-state index in [2.05, 4.69) is 30.0 Å². The van der Waals surface area contributed by atoms with Crippen LogP contribution in [0.15, 0.2) is 48.5 Å². The third kappa shape index (κ3) is 2.62. The predicted molar refractivity (Wildman–Crippen MR) is 104 cm³/mol. The summed E-state index contributed by atoms with van der Waals surface area (Å²) in [5.41, 5.74) is 3.01. The van der Waals surface area contributed by atoms with Gasteiger partial charge in [0, 0.05) is 31.0 Å². The third-order valence-electron chi connectivity index (χ3n) is 6.42. The predicted octanol–water partition coefficient (Wildman–Crippen LogP) is 3.92. The van der Waals surface area contributed by atoms with Crippen molar-refractivity contribution in [3.8, 4) is 0 Å². The monoisotopic (exact) mass is 382 g/mol. The highest BCUT2D eigenvalue weighted by Gasteiger charge is 2.63. The van der Waals surface area contributed by atoms with Crippen molar-refractivity contribution >= 4 is 17.5 Å². The number of amides is 1. The van der Waals surface area contributed by atoms with Crippen LogP contribution in [0, 0.1) is 6.92 Å². The summed E-state index contributed by atoms with van der Waals surface area (Å²) in [4.78, 5) is 17.1. The molecular formula is C22H23ClN2O2. The Kier molecular flexibility index (Phi) is 4.04. The molecule has 3 saturated heterocycles. The van der Waals surface area contributed by atoms with Gasteiger partial charge in [-0.1, -0.05) is 54.1 Å². The molecule has 0 saturated carbocycles.